The summed E-state index contributed by atoms with van der Waals surface area (Å²) in [5.41, 5.74) is -1.33. The van der Waals surface area contributed by atoms with E-state index in [2.05, 4.69) is 10.3 Å². The highest BCUT2D eigenvalue weighted by Crippen LogP contribution is 2.61. The predicted molar refractivity (Wildman–Crippen MR) is 187 cm³/mol. The first-order chi connectivity index (χ1) is 25.7. The summed E-state index contributed by atoms with van der Waals surface area (Å²) < 4.78 is 59.1. The Balaban J connectivity index is 0.841. The van der Waals surface area contributed by atoms with Crippen LogP contribution >= 0.6 is 0 Å². The highest BCUT2D eigenvalue weighted by atomic mass is 19.4. The van der Waals surface area contributed by atoms with Crippen LogP contribution in [-0.2, 0) is 43.1 Å². The number of rotatable bonds is 14. The Morgan fingerprint density at radius 1 is 0.926 bits per heavy atom. The Bertz CT molecular complexity index is 1900. The molecule has 0 spiro atoms. The van der Waals surface area contributed by atoms with Gasteiger partial charge in [0.1, 0.15) is 17.8 Å². The maximum Gasteiger partial charge on any atom is 0.417 e. The molecule has 1 saturated heterocycles. The van der Waals surface area contributed by atoms with E-state index in [0.717, 1.165) is 34.8 Å². The monoisotopic (exact) mass is 748 g/mol. The minimum Gasteiger partial charge on any atom is -0.463 e. The first-order valence-electron chi connectivity index (χ1n) is 18.3. The van der Waals surface area contributed by atoms with E-state index in [0.29, 0.717) is 49.3 Å². The molecule has 2 aromatic carbocycles. The van der Waals surface area contributed by atoms with Crippen molar-refractivity contribution in [3.05, 3.63) is 71.0 Å². The zero-order chi connectivity index (χ0) is 38.3. The van der Waals surface area contributed by atoms with Crippen molar-refractivity contribution in [2.75, 3.05) is 31.3 Å². The van der Waals surface area contributed by atoms with E-state index < -0.39 is 34.8 Å². The van der Waals surface area contributed by atoms with Crippen molar-refractivity contribution in [2.24, 2.45) is 23.2 Å². The van der Waals surface area contributed by atoms with Gasteiger partial charge in [-0.1, -0.05) is 17.3 Å². The lowest BCUT2D eigenvalue weighted by molar-refractivity contribution is -0.153. The summed E-state index contributed by atoms with van der Waals surface area (Å²) in [6.07, 6.45) is 4.99. The normalized spacial score (nSPS) is 24.3. The number of esters is 1. The molecule has 0 N–H and O–H groups in total. The molecule has 12 nitrogen and oxygen atoms in total. The van der Waals surface area contributed by atoms with Gasteiger partial charge in [0, 0.05) is 6.54 Å². The maximum atomic E-state index is 13.6. The Morgan fingerprint density at radius 3 is 2.20 bits per heavy atom. The number of ether oxygens (including phenoxy) is 3. The first-order valence-corrected chi connectivity index (χ1v) is 18.3. The topological polar surface area (TPSA) is 140 Å². The van der Waals surface area contributed by atoms with Crippen LogP contribution < -0.4 is 4.90 Å². The van der Waals surface area contributed by atoms with E-state index in [1.807, 2.05) is 0 Å². The van der Waals surface area contributed by atoms with Crippen LogP contribution in [0.15, 0.2) is 48.7 Å². The van der Waals surface area contributed by atoms with Gasteiger partial charge < -0.3 is 19.1 Å². The summed E-state index contributed by atoms with van der Waals surface area (Å²) >= 11 is 0. The van der Waals surface area contributed by atoms with Crippen molar-refractivity contribution in [1.82, 2.24) is 19.9 Å². The lowest BCUT2D eigenvalue weighted by atomic mass is 9.49. The maximum absolute atomic E-state index is 13.6. The SMILES string of the molecule is CC1(C)C(=O)N(c2ccc(C#N)c(C(F)(F)F)c2)C(=O)N1Cc1ccc(-n2cc(COCCOCCOC(=O)CC34CC5CC(CC(C5)C3)C4)nn2)cc1. The highest BCUT2D eigenvalue weighted by molar-refractivity contribution is 6.23. The molecule has 1 aromatic heterocycles. The summed E-state index contributed by atoms with van der Waals surface area (Å²) in [6.45, 7) is 4.48. The molecule has 286 valence electrons. The standard InChI is InChI=1S/C39H43F3N6O6/c1-37(2)35(50)48(32-8-5-29(21-43)33(16-32)39(40,41)42)36(51)46(37)22-25-3-6-31(7-4-25)47-23-30(44-45-47)24-53-10-9-52-11-12-54-34(49)20-38-17-26-13-27(18-38)15-28(14-26)19-38/h3-8,16,23,26-28H,9-15,17-20,22,24H2,1-2H3. The van der Waals surface area contributed by atoms with Gasteiger partial charge in [0.25, 0.3) is 5.91 Å². The lowest BCUT2D eigenvalue weighted by Crippen LogP contribution is -2.47. The molecule has 2 heterocycles. The minimum atomic E-state index is -4.84. The van der Waals surface area contributed by atoms with Crippen LogP contribution in [0.25, 0.3) is 5.69 Å². The zero-order valence-electron chi connectivity index (χ0n) is 30.3. The van der Waals surface area contributed by atoms with E-state index in [-0.39, 0.29) is 36.8 Å². The van der Waals surface area contributed by atoms with Gasteiger partial charge in [-0.2, -0.15) is 18.4 Å². The molecule has 5 aliphatic rings. The number of alkyl halides is 3. The largest absolute Gasteiger partial charge is 0.463 e. The van der Waals surface area contributed by atoms with Gasteiger partial charge in [-0.05, 0) is 111 Å². The number of hydrogen-bond acceptors (Lipinski definition) is 9. The second kappa shape index (κ2) is 14.8. The van der Waals surface area contributed by atoms with Crippen LogP contribution in [-0.4, -0.2) is 69.8 Å². The van der Waals surface area contributed by atoms with Crippen LogP contribution in [0.4, 0.5) is 23.7 Å². The van der Waals surface area contributed by atoms with Crippen LogP contribution in [0.3, 0.4) is 0 Å². The number of benzene rings is 2. The molecule has 4 aliphatic carbocycles. The molecule has 3 amide bonds. The number of imide groups is 1. The van der Waals surface area contributed by atoms with Gasteiger partial charge in [0.15, 0.2) is 0 Å². The Hall–Kier alpha value is -4.81. The molecule has 54 heavy (non-hydrogen) atoms. The molecule has 8 rings (SSSR count). The van der Waals surface area contributed by atoms with Gasteiger partial charge in [-0.25, -0.2) is 14.4 Å². The molecule has 4 bridgehead atoms. The average molecular weight is 749 g/mol. The number of aromatic nitrogens is 3. The molecule has 0 radical (unpaired) electrons. The summed E-state index contributed by atoms with van der Waals surface area (Å²) in [5, 5.41) is 17.4. The molecular weight excluding hydrogens is 705 g/mol. The number of hydrogen-bond donors (Lipinski definition) is 0. The number of amides is 3. The second-order valence-electron chi connectivity index (χ2n) is 15.7. The number of urea groups is 1. The number of halogens is 3. The van der Waals surface area contributed by atoms with Crippen LogP contribution in [0, 0.1) is 34.5 Å². The quantitative estimate of drug-likeness (QED) is 0.102. The lowest BCUT2D eigenvalue weighted by Gasteiger charge is -2.56. The molecule has 1 aliphatic heterocycles. The van der Waals surface area contributed by atoms with Crippen molar-refractivity contribution in [1.29, 1.82) is 5.26 Å². The number of nitrogens with zero attached hydrogens (tertiary/aromatic N) is 6. The third-order valence-corrected chi connectivity index (χ3v) is 11.4. The molecular formula is C39H43F3N6O6. The number of carbonyl (C=O) groups is 3. The minimum absolute atomic E-state index is 0.0134. The molecule has 0 atom stereocenters. The van der Waals surface area contributed by atoms with Crippen LogP contribution in [0.5, 0.6) is 0 Å². The van der Waals surface area contributed by atoms with Crippen molar-refractivity contribution in [3.63, 3.8) is 0 Å². The third kappa shape index (κ3) is 7.72. The average Bonchev–Trinajstić information content (AvgIpc) is 3.65. The van der Waals surface area contributed by atoms with Gasteiger partial charge in [0.05, 0.1) is 67.6 Å². The third-order valence-electron chi connectivity index (χ3n) is 11.4. The van der Waals surface area contributed by atoms with Crippen LogP contribution in [0.1, 0.15) is 81.2 Å². The van der Waals surface area contributed by atoms with Crippen molar-refractivity contribution < 1.29 is 41.8 Å². The number of nitriles is 1. The fourth-order valence-corrected chi connectivity index (χ4v) is 9.23. The molecule has 15 heteroatoms. The predicted octanol–water partition coefficient (Wildman–Crippen LogP) is 6.59. The van der Waals surface area contributed by atoms with Gasteiger partial charge in [0.2, 0.25) is 0 Å². The van der Waals surface area contributed by atoms with E-state index in [9.17, 15) is 27.6 Å². The van der Waals surface area contributed by atoms with E-state index in [1.165, 1.54) is 63.3 Å². The van der Waals surface area contributed by atoms with Gasteiger partial charge >= 0.3 is 18.2 Å². The Morgan fingerprint density at radius 2 is 1.56 bits per heavy atom. The molecule has 3 aromatic rings. The molecule has 4 saturated carbocycles. The van der Waals surface area contributed by atoms with Crippen LogP contribution in [0.2, 0.25) is 0 Å². The van der Waals surface area contributed by atoms with Crippen molar-refractivity contribution >= 4 is 23.6 Å². The summed E-state index contributed by atoms with van der Waals surface area (Å²) in [4.78, 5) is 41.4. The molecule has 0 unspecified atom stereocenters. The fraction of sp³-hybridized carbons (Fsp3) is 0.538. The van der Waals surface area contributed by atoms with Crippen molar-refractivity contribution in [3.8, 4) is 11.8 Å². The highest BCUT2D eigenvalue weighted by Gasteiger charge is 2.53. The zero-order valence-corrected chi connectivity index (χ0v) is 30.3. The summed E-state index contributed by atoms with van der Waals surface area (Å²) in [7, 11) is 0. The number of anilines is 1. The Kier molecular flexibility index (Phi) is 10.3. The first kappa shape index (κ1) is 37.5. The van der Waals surface area contributed by atoms with E-state index in [1.54, 1.807) is 35.1 Å². The van der Waals surface area contributed by atoms with Gasteiger partial charge in [-0.15, -0.1) is 5.10 Å². The smallest absolute Gasteiger partial charge is 0.417 e. The van der Waals surface area contributed by atoms with E-state index in [4.69, 9.17) is 19.5 Å². The Labute approximate surface area is 311 Å². The second-order valence-corrected chi connectivity index (χ2v) is 15.7. The van der Waals surface area contributed by atoms with E-state index >= 15 is 0 Å². The molecule has 5 fully saturated rings. The summed E-state index contributed by atoms with van der Waals surface area (Å²) in [5.74, 6) is 1.61. The summed E-state index contributed by atoms with van der Waals surface area (Å²) in [6, 6.07) is 10.5. The fourth-order valence-electron chi connectivity index (χ4n) is 9.23. The van der Waals surface area contributed by atoms with Crippen molar-refractivity contribution in [2.45, 2.75) is 83.7 Å². The van der Waals surface area contributed by atoms with Gasteiger partial charge in [-0.3, -0.25) is 9.59 Å². The number of carbonyl (C=O) groups excluding carboxylic acids is 3.